The van der Waals surface area contributed by atoms with Crippen LogP contribution >= 0.6 is 0 Å². The molecule has 0 fully saturated rings. The second-order valence-electron chi connectivity index (χ2n) is 5.20. The Morgan fingerprint density at radius 3 is 2.61 bits per heavy atom. The standard InChI is InChI=1S/C17H25N/c1-3-8-16(9-4-1)12-7-14-18-15-13-17-10-5-2-6-11-17/h1,3-4,8-10,18H,2,5-7,11-15H2. The third-order valence-corrected chi connectivity index (χ3v) is 3.67. The molecule has 0 spiro atoms. The molecule has 0 saturated carbocycles. The average molecular weight is 243 g/mol. The first-order chi connectivity index (χ1) is 8.95. The molecule has 0 heterocycles. The zero-order valence-electron chi connectivity index (χ0n) is 11.3. The van der Waals surface area contributed by atoms with Gasteiger partial charge in [-0.2, -0.15) is 0 Å². The molecular formula is C17H25N. The summed E-state index contributed by atoms with van der Waals surface area (Å²) in [6.45, 7) is 2.29. The normalized spacial score (nSPS) is 15.4. The molecule has 2 rings (SSSR count). The van der Waals surface area contributed by atoms with Crippen LogP contribution in [-0.4, -0.2) is 13.1 Å². The van der Waals surface area contributed by atoms with Gasteiger partial charge in [0.25, 0.3) is 0 Å². The van der Waals surface area contributed by atoms with Gasteiger partial charge in [-0.3, -0.25) is 0 Å². The van der Waals surface area contributed by atoms with Crippen molar-refractivity contribution in [3.05, 3.63) is 47.5 Å². The van der Waals surface area contributed by atoms with E-state index in [-0.39, 0.29) is 0 Å². The van der Waals surface area contributed by atoms with Crippen LogP contribution < -0.4 is 5.32 Å². The molecule has 0 atom stereocenters. The number of aryl methyl sites for hydroxylation is 1. The van der Waals surface area contributed by atoms with E-state index < -0.39 is 0 Å². The molecule has 98 valence electrons. The lowest BCUT2D eigenvalue weighted by Crippen LogP contribution is -2.18. The Morgan fingerprint density at radius 2 is 1.83 bits per heavy atom. The molecule has 1 N–H and O–H groups in total. The first-order valence-electron chi connectivity index (χ1n) is 7.38. The van der Waals surface area contributed by atoms with Crippen molar-refractivity contribution >= 4 is 0 Å². The minimum Gasteiger partial charge on any atom is -0.316 e. The maximum absolute atomic E-state index is 3.56. The van der Waals surface area contributed by atoms with Gasteiger partial charge in [-0.1, -0.05) is 42.0 Å². The molecule has 0 bridgehead atoms. The van der Waals surface area contributed by atoms with Crippen LogP contribution in [0, 0.1) is 0 Å². The third-order valence-electron chi connectivity index (χ3n) is 3.67. The molecule has 1 aliphatic rings. The van der Waals surface area contributed by atoms with Gasteiger partial charge in [-0.15, -0.1) is 0 Å². The maximum atomic E-state index is 3.56. The van der Waals surface area contributed by atoms with Gasteiger partial charge in [-0.05, 0) is 63.6 Å². The van der Waals surface area contributed by atoms with Crippen molar-refractivity contribution in [2.45, 2.75) is 44.9 Å². The molecule has 1 heteroatoms. The Balaban J connectivity index is 1.50. The second kappa shape index (κ2) is 8.10. The van der Waals surface area contributed by atoms with Crippen LogP contribution in [0.25, 0.3) is 0 Å². The summed E-state index contributed by atoms with van der Waals surface area (Å²) in [4.78, 5) is 0. The minimum absolute atomic E-state index is 1.14. The summed E-state index contributed by atoms with van der Waals surface area (Å²) < 4.78 is 0. The molecule has 1 aromatic carbocycles. The van der Waals surface area contributed by atoms with Crippen molar-refractivity contribution in [2.75, 3.05) is 13.1 Å². The van der Waals surface area contributed by atoms with E-state index in [9.17, 15) is 0 Å². The highest BCUT2D eigenvalue weighted by Gasteiger charge is 2.02. The van der Waals surface area contributed by atoms with Crippen molar-refractivity contribution in [2.24, 2.45) is 0 Å². The van der Waals surface area contributed by atoms with E-state index in [1.165, 1.54) is 50.5 Å². The average Bonchev–Trinajstić information content (AvgIpc) is 2.45. The van der Waals surface area contributed by atoms with Crippen LogP contribution in [0.4, 0.5) is 0 Å². The fourth-order valence-electron chi connectivity index (χ4n) is 2.57. The molecule has 0 unspecified atom stereocenters. The summed E-state index contributed by atoms with van der Waals surface area (Å²) in [5.74, 6) is 0. The lowest BCUT2D eigenvalue weighted by Gasteiger charge is -2.12. The predicted molar refractivity (Wildman–Crippen MR) is 78.8 cm³/mol. The van der Waals surface area contributed by atoms with E-state index in [2.05, 4.69) is 41.7 Å². The summed E-state index contributed by atoms with van der Waals surface area (Å²) in [5, 5.41) is 3.56. The summed E-state index contributed by atoms with van der Waals surface area (Å²) >= 11 is 0. The zero-order chi connectivity index (χ0) is 12.5. The third kappa shape index (κ3) is 5.05. The Labute approximate surface area is 111 Å². The van der Waals surface area contributed by atoms with Crippen LogP contribution in [-0.2, 0) is 6.42 Å². The number of allylic oxidation sites excluding steroid dienone is 1. The van der Waals surface area contributed by atoms with Gasteiger partial charge in [-0.25, -0.2) is 0 Å². The van der Waals surface area contributed by atoms with Gasteiger partial charge in [0.15, 0.2) is 0 Å². The van der Waals surface area contributed by atoms with E-state index in [1.54, 1.807) is 5.57 Å². The fourth-order valence-corrected chi connectivity index (χ4v) is 2.57. The number of hydrogen-bond donors (Lipinski definition) is 1. The fraction of sp³-hybridized carbons (Fsp3) is 0.529. The van der Waals surface area contributed by atoms with Crippen LogP contribution in [0.3, 0.4) is 0 Å². The van der Waals surface area contributed by atoms with Gasteiger partial charge in [0.1, 0.15) is 0 Å². The molecule has 0 radical (unpaired) electrons. The van der Waals surface area contributed by atoms with E-state index in [4.69, 9.17) is 0 Å². The van der Waals surface area contributed by atoms with Crippen LogP contribution in [0.5, 0.6) is 0 Å². The summed E-state index contributed by atoms with van der Waals surface area (Å²) in [6, 6.07) is 10.8. The molecule has 0 saturated heterocycles. The molecule has 1 aromatic rings. The second-order valence-corrected chi connectivity index (χ2v) is 5.20. The molecule has 0 aliphatic heterocycles. The van der Waals surface area contributed by atoms with Gasteiger partial charge < -0.3 is 5.32 Å². The van der Waals surface area contributed by atoms with E-state index in [0.717, 1.165) is 13.1 Å². The Kier molecular flexibility index (Phi) is 6.01. The summed E-state index contributed by atoms with van der Waals surface area (Å²) in [7, 11) is 0. The number of nitrogens with one attached hydrogen (secondary N) is 1. The monoisotopic (exact) mass is 243 g/mol. The smallest absolute Gasteiger partial charge is 0.00116 e. The van der Waals surface area contributed by atoms with Crippen molar-refractivity contribution < 1.29 is 0 Å². The number of benzene rings is 1. The molecule has 1 aliphatic carbocycles. The molecule has 0 amide bonds. The predicted octanol–water partition coefficient (Wildman–Crippen LogP) is 4.10. The largest absolute Gasteiger partial charge is 0.316 e. The topological polar surface area (TPSA) is 12.0 Å². The van der Waals surface area contributed by atoms with E-state index in [0.29, 0.717) is 0 Å². The van der Waals surface area contributed by atoms with Crippen LogP contribution in [0.1, 0.15) is 44.1 Å². The van der Waals surface area contributed by atoms with Gasteiger partial charge in [0.2, 0.25) is 0 Å². The lowest BCUT2D eigenvalue weighted by atomic mass is 9.97. The van der Waals surface area contributed by atoms with Gasteiger partial charge in [0, 0.05) is 0 Å². The quantitative estimate of drug-likeness (QED) is 0.561. The number of rotatable bonds is 7. The van der Waals surface area contributed by atoms with Crippen LogP contribution in [0.2, 0.25) is 0 Å². The zero-order valence-corrected chi connectivity index (χ0v) is 11.3. The van der Waals surface area contributed by atoms with Crippen molar-refractivity contribution in [1.82, 2.24) is 5.32 Å². The highest BCUT2D eigenvalue weighted by atomic mass is 14.8. The summed E-state index contributed by atoms with van der Waals surface area (Å²) in [5.41, 5.74) is 3.13. The minimum atomic E-state index is 1.14. The molecule has 0 aromatic heterocycles. The van der Waals surface area contributed by atoms with Crippen molar-refractivity contribution in [1.29, 1.82) is 0 Å². The SMILES string of the molecule is C1=C(CCNCCCc2ccccc2)CCCC1. The summed E-state index contributed by atoms with van der Waals surface area (Å²) in [6.07, 6.45) is 11.6. The maximum Gasteiger partial charge on any atom is -0.00116 e. The molecular weight excluding hydrogens is 218 g/mol. The highest BCUT2D eigenvalue weighted by molar-refractivity contribution is 5.14. The van der Waals surface area contributed by atoms with Gasteiger partial charge in [0.05, 0.1) is 0 Å². The lowest BCUT2D eigenvalue weighted by molar-refractivity contribution is 0.616. The van der Waals surface area contributed by atoms with E-state index in [1.807, 2.05) is 0 Å². The van der Waals surface area contributed by atoms with Gasteiger partial charge >= 0.3 is 0 Å². The van der Waals surface area contributed by atoms with Crippen molar-refractivity contribution in [3.63, 3.8) is 0 Å². The molecule has 1 nitrogen and oxygen atoms in total. The molecule has 18 heavy (non-hydrogen) atoms. The first kappa shape index (κ1) is 13.4. The Morgan fingerprint density at radius 1 is 0.944 bits per heavy atom. The van der Waals surface area contributed by atoms with E-state index >= 15 is 0 Å². The Hall–Kier alpha value is -1.08. The van der Waals surface area contributed by atoms with Crippen molar-refractivity contribution in [3.8, 4) is 0 Å². The number of hydrogen-bond acceptors (Lipinski definition) is 1. The Bertz CT molecular complexity index is 353. The highest BCUT2D eigenvalue weighted by Crippen LogP contribution is 2.19. The van der Waals surface area contributed by atoms with Crippen LogP contribution in [0.15, 0.2) is 42.0 Å². The first-order valence-corrected chi connectivity index (χ1v) is 7.38.